The zero-order valence-corrected chi connectivity index (χ0v) is 28.0. The summed E-state index contributed by atoms with van der Waals surface area (Å²) >= 11 is 7.46. The van der Waals surface area contributed by atoms with E-state index in [0.717, 1.165) is 18.6 Å². The van der Waals surface area contributed by atoms with E-state index in [2.05, 4.69) is 36.9 Å². The summed E-state index contributed by atoms with van der Waals surface area (Å²) < 4.78 is 0. The first-order valence-electron chi connectivity index (χ1n) is 15.8. The first-order chi connectivity index (χ1) is 22.5. The molecule has 266 valence electrons. The number of thioether (sulfide) groups is 1. The molecule has 0 aromatic heterocycles. The Kier molecular flexibility index (Phi) is 18.2. The molecule has 0 bridgehead atoms. The number of hydrogen-bond acceptors (Lipinski definition) is 10. The fourth-order valence-corrected chi connectivity index (χ4v) is 6.94. The molecule has 6 atom stereocenters. The molecule has 2 aliphatic rings. The summed E-state index contributed by atoms with van der Waals surface area (Å²) in [5.41, 5.74) is 16.2. The minimum atomic E-state index is -1.29. The van der Waals surface area contributed by atoms with E-state index in [9.17, 15) is 33.9 Å². The van der Waals surface area contributed by atoms with Gasteiger partial charge in [0.15, 0.2) is 11.7 Å². The highest BCUT2D eigenvalue weighted by Gasteiger charge is 2.42. The van der Waals surface area contributed by atoms with Crippen LogP contribution in [0, 0.1) is 0 Å². The van der Waals surface area contributed by atoms with Gasteiger partial charge in [-0.3, -0.25) is 29.0 Å². The average Bonchev–Trinajstić information content (AvgIpc) is 3.60. The van der Waals surface area contributed by atoms with Gasteiger partial charge in [0.05, 0.1) is 37.2 Å². The maximum Gasteiger partial charge on any atom is 0.315 e. The van der Waals surface area contributed by atoms with Crippen LogP contribution in [0.1, 0.15) is 57.8 Å². The van der Waals surface area contributed by atoms with Crippen LogP contribution in [0.15, 0.2) is 4.99 Å². The van der Waals surface area contributed by atoms with Crippen LogP contribution in [0.4, 0.5) is 4.79 Å². The quantitative estimate of drug-likeness (QED) is 0.0171. The van der Waals surface area contributed by atoms with Crippen LogP contribution >= 0.6 is 23.4 Å². The van der Waals surface area contributed by atoms with Crippen molar-refractivity contribution in [1.82, 2.24) is 31.9 Å². The number of amides is 6. The molecule has 0 aliphatic carbocycles. The zero-order chi connectivity index (χ0) is 34.8. The summed E-state index contributed by atoms with van der Waals surface area (Å²) in [7, 11) is 0. The van der Waals surface area contributed by atoms with E-state index in [1.54, 1.807) is 11.8 Å². The van der Waals surface area contributed by atoms with Crippen LogP contribution in [-0.2, 0) is 24.0 Å². The third-order valence-corrected chi connectivity index (χ3v) is 9.49. The van der Waals surface area contributed by atoms with Gasteiger partial charge in [-0.05, 0) is 51.5 Å². The predicted octanol–water partition coefficient (Wildman–Crippen LogP) is -2.73. The summed E-state index contributed by atoms with van der Waals surface area (Å²) in [6.45, 7) is -0.553. The van der Waals surface area contributed by atoms with Crippen LogP contribution < -0.4 is 49.1 Å². The van der Waals surface area contributed by atoms with Crippen molar-refractivity contribution in [2.75, 3.05) is 37.9 Å². The lowest BCUT2D eigenvalue weighted by molar-refractivity contribution is -0.133. The molecular formula is C28H49ClN10O7S. The molecule has 2 saturated heterocycles. The second kappa shape index (κ2) is 21.5. The van der Waals surface area contributed by atoms with Gasteiger partial charge in [-0.15, -0.1) is 11.6 Å². The fourth-order valence-electron chi connectivity index (χ4n) is 5.21. The molecule has 2 heterocycles. The van der Waals surface area contributed by atoms with Gasteiger partial charge in [-0.1, -0.05) is 6.42 Å². The number of nitrogens with zero attached hydrogens (tertiary/aromatic N) is 1. The van der Waals surface area contributed by atoms with Gasteiger partial charge in [0, 0.05) is 24.0 Å². The highest BCUT2D eigenvalue weighted by Crippen LogP contribution is 2.33. The van der Waals surface area contributed by atoms with Crippen molar-refractivity contribution in [1.29, 1.82) is 0 Å². The highest BCUT2D eigenvalue weighted by molar-refractivity contribution is 8.00. The van der Waals surface area contributed by atoms with Crippen LogP contribution in [0.2, 0.25) is 0 Å². The first kappa shape index (κ1) is 39.8. The van der Waals surface area contributed by atoms with Gasteiger partial charge in [0.1, 0.15) is 12.1 Å². The van der Waals surface area contributed by atoms with Gasteiger partial charge in [0.2, 0.25) is 23.6 Å². The summed E-state index contributed by atoms with van der Waals surface area (Å²) in [5.74, 6) is -2.48. The van der Waals surface area contributed by atoms with Crippen LogP contribution in [0.25, 0.3) is 0 Å². The number of nitrogens with two attached hydrogens (primary N) is 3. The number of guanidine groups is 1. The Morgan fingerprint density at radius 1 is 0.936 bits per heavy atom. The molecule has 0 radical (unpaired) electrons. The summed E-state index contributed by atoms with van der Waals surface area (Å²) in [4.78, 5) is 78.6. The largest absolute Gasteiger partial charge is 0.394 e. The number of alkyl halides is 1. The third kappa shape index (κ3) is 14.5. The lowest BCUT2D eigenvalue weighted by Gasteiger charge is -2.22. The van der Waals surface area contributed by atoms with Crippen molar-refractivity contribution >= 4 is 64.8 Å². The summed E-state index contributed by atoms with van der Waals surface area (Å²) in [6, 6.07) is -3.21. The number of carbonyl (C=O) groups is 6. The molecule has 0 aromatic rings. The molecule has 19 heteroatoms. The molecular weight excluding hydrogens is 656 g/mol. The summed E-state index contributed by atoms with van der Waals surface area (Å²) in [5, 5.41) is 26.0. The van der Waals surface area contributed by atoms with Crippen LogP contribution in [-0.4, -0.2) is 120 Å². The minimum Gasteiger partial charge on any atom is -0.394 e. The Bertz CT molecular complexity index is 1110. The number of rotatable bonds is 23. The third-order valence-electron chi connectivity index (χ3n) is 7.72. The first-order valence-corrected chi connectivity index (χ1v) is 17.4. The highest BCUT2D eigenvalue weighted by atomic mass is 35.5. The number of fused-ring (bicyclic) bond motifs is 1. The monoisotopic (exact) mass is 704 g/mol. The lowest BCUT2D eigenvalue weighted by atomic mass is 10.0. The van der Waals surface area contributed by atoms with E-state index in [-0.39, 0.29) is 61.0 Å². The topological polar surface area (TPSA) is 285 Å². The number of hydrogen-bond donors (Lipinski definition) is 10. The molecule has 2 aliphatic heterocycles. The van der Waals surface area contributed by atoms with E-state index in [4.69, 9.17) is 28.8 Å². The van der Waals surface area contributed by atoms with E-state index < -0.39 is 60.7 Å². The lowest BCUT2D eigenvalue weighted by Crippen LogP contribution is -2.55. The number of carbonyl (C=O) groups excluding carboxylic acids is 6. The SMILES string of the molecule is NCCCC[C@H](NC(=O)[C@H](CO)NC(=O)CCCC[C@@H]1SC[C@@H]2NC(=O)N[C@@H]21)C(=O)NCC(=O)N[C@@H](CCCN=C(N)N)C(=O)CCl. The standard InChI is InChI=1S/C28H49ClN10O7S/c29-12-20(41)16(7-5-11-33-27(31)32)35-23(43)13-34-25(44)17(6-3-4-10-30)37-26(45)18(14-40)36-22(42)9-2-1-8-21-24-19(15-47-21)38-28(46)39-24/h16-19,21,24,40H,1-15,30H2,(H,34,44)(H,35,43)(H,36,42)(H,37,45)(H4,31,32,33)(H2,38,39,46)/t16-,17-,18-,19-,21-,24-/m0/s1. The van der Waals surface area contributed by atoms with Crippen LogP contribution in [0.3, 0.4) is 0 Å². The van der Waals surface area contributed by atoms with Crippen molar-refractivity contribution in [2.24, 2.45) is 22.2 Å². The predicted molar refractivity (Wildman–Crippen MR) is 178 cm³/mol. The molecule has 0 spiro atoms. The van der Waals surface area contributed by atoms with Gasteiger partial charge in [-0.2, -0.15) is 11.8 Å². The molecule has 0 saturated carbocycles. The maximum atomic E-state index is 13.0. The molecule has 2 rings (SSSR count). The smallest absolute Gasteiger partial charge is 0.315 e. The number of nitrogens with one attached hydrogen (secondary N) is 6. The van der Waals surface area contributed by atoms with E-state index in [0.29, 0.717) is 32.2 Å². The van der Waals surface area contributed by atoms with E-state index >= 15 is 0 Å². The fraction of sp³-hybridized carbons (Fsp3) is 0.750. The average molecular weight is 705 g/mol. The van der Waals surface area contributed by atoms with Crippen molar-refractivity contribution in [3.63, 3.8) is 0 Å². The van der Waals surface area contributed by atoms with Gasteiger partial charge >= 0.3 is 6.03 Å². The molecule has 47 heavy (non-hydrogen) atoms. The minimum absolute atomic E-state index is 0.0815. The molecule has 6 amide bonds. The maximum absolute atomic E-state index is 13.0. The van der Waals surface area contributed by atoms with Gasteiger partial charge in [-0.25, -0.2) is 4.79 Å². The van der Waals surface area contributed by atoms with Crippen LogP contribution in [0.5, 0.6) is 0 Å². The number of aliphatic hydroxyl groups is 1. The number of Topliss-reactive ketones (excluding diaryl/α,β-unsaturated/α-hetero) is 1. The Morgan fingerprint density at radius 3 is 2.34 bits per heavy atom. The molecule has 17 nitrogen and oxygen atoms in total. The Labute approximate surface area is 283 Å². The van der Waals surface area contributed by atoms with Gasteiger partial charge < -0.3 is 54.2 Å². The molecule has 0 unspecified atom stereocenters. The van der Waals surface area contributed by atoms with Crippen molar-refractivity contribution in [3.05, 3.63) is 0 Å². The van der Waals surface area contributed by atoms with Gasteiger partial charge in [0.25, 0.3) is 0 Å². The number of unbranched alkanes of at least 4 members (excludes halogenated alkanes) is 2. The zero-order valence-electron chi connectivity index (χ0n) is 26.4. The molecule has 13 N–H and O–H groups in total. The Balaban J connectivity index is 1.83. The second-order valence-corrected chi connectivity index (χ2v) is 12.9. The van der Waals surface area contributed by atoms with E-state index in [1.807, 2.05) is 0 Å². The number of urea groups is 1. The number of halogens is 1. The Morgan fingerprint density at radius 2 is 1.66 bits per heavy atom. The van der Waals surface area contributed by atoms with E-state index in [1.165, 1.54) is 0 Å². The van der Waals surface area contributed by atoms with Crippen molar-refractivity contribution in [3.8, 4) is 0 Å². The number of ketones is 1. The normalized spacial score (nSPS) is 20.1. The molecule has 2 fully saturated rings. The second-order valence-electron chi connectivity index (χ2n) is 11.4. The van der Waals surface area contributed by atoms with Crippen molar-refractivity contribution in [2.45, 2.75) is 93.2 Å². The Hall–Kier alpha value is -3.35. The summed E-state index contributed by atoms with van der Waals surface area (Å²) in [6.07, 6.45) is 4.14. The molecule has 0 aromatic carbocycles. The number of aliphatic hydroxyl groups excluding tert-OH is 1. The van der Waals surface area contributed by atoms with Crippen molar-refractivity contribution < 1.29 is 33.9 Å². The number of aliphatic imine (C=N–C) groups is 1.